The van der Waals surface area contributed by atoms with E-state index in [2.05, 4.69) is 15.3 Å². The fraction of sp³-hybridized carbons (Fsp3) is 0. The Balaban J connectivity index is 1.70. The minimum atomic E-state index is -0.188. The molecule has 0 aliphatic carbocycles. The number of benzene rings is 1. The number of carbonyl (C=O) groups excluding carboxylic acids is 1. The van der Waals surface area contributed by atoms with Gasteiger partial charge in [0.2, 0.25) is 0 Å². The van der Waals surface area contributed by atoms with Gasteiger partial charge in [0.05, 0.1) is 16.9 Å². The molecule has 0 radical (unpaired) electrons. The summed E-state index contributed by atoms with van der Waals surface area (Å²) in [5, 5.41) is 4.93. The molecule has 0 atom stereocenters. The summed E-state index contributed by atoms with van der Waals surface area (Å²) in [5.41, 5.74) is 2.97. The molecule has 0 saturated heterocycles. The average molecular weight is 320 g/mol. The second kappa shape index (κ2) is 5.66. The zero-order chi connectivity index (χ0) is 15.6. The maximum Gasteiger partial charge on any atom is 0.257 e. The van der Waals surface area contributed by atoms with Crippen molar-refractivity contribution in [2.45, 2.75) is 0 Å². The molecule has 3 heterocycles. The molecule has 23 heavy (non-hydrogen) atoms. The standard InChI is InChI=1S/C17H12N4OS/c22-16(12-4-3-7-18-10-12)19-14-6-2-1-5-13(14)15-11-21-8-9-23-17(21)20-15/h1-11H,(H,19,22). The molecule has 0 aliphatic heterocycles. The highest BCUT2D eigenvalue weighted by Gasteiger charge is 2.12. The van der Waals surface area contributed by atoms with Crippen molar-refractivity contribution in [2.24, 2.45) is 0 Å². The molecule has 6 heteroatoms. The molecule has 1 amide bonds. The number of anilines is 1. The summed E-state index contributed by atoms with van der Waals surface area (Å²) in [7, 11) is 0. The van der Waals surface area contributed by atoms with Crippen molar-refractivity contribution >= 4 is 27.9 Å². The second-order valence-electron chi connectivity index (χ2n) is 4.96. The van der Waals surface area contributed by atoms with E-state index in [1.165, 1.54) is 0 Å². The molecule has 5 nitrogen and oxygen atoms in total. The maximum atomic E-state index is 12.3. The van der Waals surface area contributed by atoms with Crippen LogP contribution in [0.5, 0.6) is 0 Å². The van der Waals surface area contributed by atoms with Gasteiger partial charge in [-0.25, -0.2) is 4.98 Å². The molecule has 4 rings (SSSR count). The first-order chi connectivity index (χ1) is 11.3. The first-order valence-electron chi connectivity index (χ1n) is 7.04. The van der Waals surface area contributed by atoms with E-state index in [0.717, 1.165) is 21.9 Å². The summed E-state index contributed by atoms with van der Waals surface area (Å²) in [4.78, 5) is 21.8. The Morgan fingerprint density at radius 1 is 1.17 bits per heavy atom. The molecule has 0 fully saturated rings. The van der Waals surface area contributed by atoms with Gasteiger partial charge in [-0.2, -0.15) is 0 Å². The van der Waals surface area contributed by atoms with Crippen molar-refractivity contribution < 1.29 is 4.79 Å². The predicted molar refractivity (Wildman–Crippen MR) is 90.7 cm³/mol. The highest BCUT2D eigenvalue weighted by molar-refractivity contribution is 7.15. The van der Waals surface area contributed by atoms with Gasteiger partial charge < -0.3 is 5.32 Å². The summed E-state index contributed by atoms with van der Waals surface area (Å²) < 4.78 is 1.97. The van der Waals surface area contributed by atoms with Crippen LogP contribution in [0.15, 0.2) is 66.6 Å². The molecule has 0 spiro atoms. The molecule has 1 aromatic carbocycles. The summed E-state index contributed by atoms with van der Waals surface area (Å²) in [6.07, 6.45) is 7.11. The third kappa shape index (κ3) is 2.60. The lowest BCUT2D eigenvalue weighted by atomic mass is 10.1. The fourth-order valence-electron chi connectivity index (χ4n) is 2.36. The van der Waals surface area contributed by atoms with Crippen LogP contribution < -0.4 is 5.32 Å². The van der Waals surface area contributed by atoms with Crippen molar-refractivity contribution in [2.75, 3.05) is 5.32 Å². The van der Waals surface area contributed by atoms with Crippen LogP contribution in [0.4, 0.5) is 5.69 Å². The van der Waals surface area contributed by atoms with Gasteiger partial charge in [-0.3, -0.25) is 14.2 Å². The second-order valence-corrected chi connectivity index (χ2v) is 5.83. The van der Waals surface area contributed by atoms with Crippen LogP contribution in [-0.4, -0.2) is 20.3 Å². The number of carbonyl (C=O) groups is 1. The normalized spacial score (nSPS) is 10.8. The van der Waals surface area contributed by atoms with Crippen LogP contribution in [0.1, 0.15) is 10.4 Å². The fourth-order valence-corrected chi connectivity index (χ4v) is 3.06. The minimum absolute atomic E-state index is 0.188. The molecule has 3 aromatic heterocycles. The van der Waals surface area contributed by atoms with Crippen molar-refractivity contribution in [3.05, 3.63) is 72.1 Å². The Labute approximate surface area is 136 Å². The number of amides is 1. The Morgan fingerprint density at radius 2 is 2.09 bits per heavy atom. The molecule has 0 aliphatic rings. The van der Waals surface area contributed by atoms with Gasteiger partial charge in [-0.15, -0.1) is 11.3 Å². The summed E-state index contributed by atoms with van der Waals surface area (Å²) in [6.45, 7) is 0. The zero-order valence-electron chi connectivity index (χ0n) is 12.0. The molecule has 0 saturated carbocycles. The number of pyridine rings is 1. The molecule has 0 unspecified atom stereocenters. The third-order valence-corrected chi connectivity index (χ3v) is 4.24. The number of rotatable bonds is 3. The minimum Gasteiger partial charge on any atom is -0.321 e. The van der Waals surface area contributed by atoms with Crippen LogP contribution in [0.25, 0.3) is 16.2 Å². The molecule has 4 aromatic rings. The lowest BCUT2D eigenvalue weighted by molar-refractivity contribution is 0.102. The largest absolute Gasteiger partial charge is 0.321 e. The van der Waals surface area contributed by atoms with Crippen LogP contribution in [0.2, 0.25) is 0 Å². The number of nitrogens with one attached hydrogen (secondary N) is 1. The first kappa shape index (κ1) is 13.7. The number of para-hydroxylation sites is 1. The Kier molecular flexibility index (Phi) is 3.36. The van der Waals surface area contributed by atoms with Crippen LogP contribution in [0.3, 0.4) is 0 Å². The molecule has 112 valence electrons. The van der Waals surface area contributed by atoms with Gasteiger partial charge in [-0.05, 0) is 18.2 Å². The SMILES string of the molecule is O=C(Nc1ccccc1-c1cn2ccsc2n1)c1cccnc1. The Hall–Kier alpha value is -2.99. The van der Waals surface area contributed by atoms with Crippen molar-refractivity contribution in [1.29, 1.82) is 0 Å². The van der Waals surface area contributed by atoms with Crippen molar-refractivity contribution in [3.63, 3.8) is 0 Å². The summed E-state index contributed by atoms with van der Waals surface area (Å²) in [6, 6.07) is 11.1. The van der Waals surface area contributed by atoms with Crippen molar-refractivity contribution in [3.8, 4) is 11.3 Å². The number of nitrogens with zero attached hydrogens (tertiary/aromatic N) is 3. The monoisotopic (exact) mass is 320 g/mol. The van der Waals surface area contributed by atoms with E-state index in [1.54, 1.807) is 35.9 Å². The number of hydrogen-bond acceptors (Lipinski definition) is 4. The lowest BCUT2D eigenvalue weighted by Crippen LogP contribution is -2.12. The van der Waals surface area contributed by atoms with Gasteiger partial charge in [-0.1, -0.05) is 18.2 Å². The number of thiazole rings is 1. The van der Waals surface area contributed by atoms with E-state index in [4.69, 9.17) is 0 Å². The van der Waals surface area contributed by atoms with Gasteiger partial charge in [0.1, 0.15) is 0 Å². The van der Waals surface area contributed by atoms with E-state index in [9.17, 15) is 4.79 Å². The van der Waals surface area contributed by atoms with E-state index < -0.39 is 0 Å². The number of fused-ring (bicyclic) bond motifs is 1. The number of imidazole rings is 1. The van der Waals surface area contributed by atoms with E-state index >= 15 is 0 Å². The van der Waals surface area contributed by atoms with Gasteiger partial charge in [0, 0.05) is 35.7 Å². The van der Waals surface area contributed by atoms with Crippen LogP contribution in [-0.2, 0) is 0 Å². The van der Waals surface area contributed by atoms with Crippen LogP contribution in [0, 0.1) is 0 Å². The zero-order valence-corrected chi connectivity index (χ0v) is 12.8. The topological polar surface area (TPSA) is 59.3 Å². The average Bonchev–Trinajstić information content (AvgIpc) is 3.18. The highest BCUT2D eigenvalue weighted by Crippen LogP contribution is 2.28. The smallest absolute Gasteiger partial charge is 0.257 e. The maximum absolute atomic E-state index is 12.3. The van der Waals surface area contributed by atoms with E-state index in [0.29, 0.717) is 5.56 Å². The third-order valence-electron chi connectivity index (χ3n) is 3.47. The number of aromatic nitrogens is 3. The van der Waals surface area contributed by atoms with Crippen molar-refractivity contribution in [1.82, 2.24) is 14.4 Å². The van der Waals surface area contributed by atoms with E-state index in [-0.39, 0.29) is 5.91 Å². The first-order valence-corrected chi connectivity index (χ1v) is 7.92. The van der Waals surface area contributed by atoms with E-state index in [1.807, 2.05) is 46.4 Å². The van der Waals surface area contributed by atoms with Crippen LogP contribution >= 0.6 is 11.3 Å². The summed E-state index contributed by atoms with van der Waals surface area (Å²) >= 11 is 1.58. The number of hydrogen-bond donors (Lipinski definition) is 1. The molecular formula is C17H12N4OS. The predicted octanol–water partition coefficient (Wildman–Crippen LogP) is 3.71. The molecule has 1 N–H and O–H groups in total. The Morgan fingerprint density at radius 3 is 2.91 bits per heavy atom. The lowest BCUT2D eigenvalue weighted by Gasteiger charge is -2.09. The highest BCUT2D eigenvalue weighted by atomic mass is 32.1. The van der Waals surface area contributed by atoms with Gasteiger partial charge in [0.15, 0.2) is 4.96 Å². The quantitative estimate of drug-likeness (QED) is 0.626. The van der Waals surface area contributed by atoms with Gasteiger partial charge >= 0.3 is 0 Å². The Bertz CT molecular complexity index is 946. The molecule has 0 bridgehead atoms. The van der Waals surface area contributed by atoms with Gasteiger partial charge in [0.25, 0.3) is 5.91 Å². The summed E-state index contributed by atoms with van der Waals surface area (Å²) in [5.74, 6) is -0.188. The molecular weight excluding hydrogens is 308 g/mol.